The van der Waals surface area contributed by atoms with E-state index >= 15 is 0 Å². The minimum Gasteiger partial charge on any atom is -0.286 e. The predicted octanol–water partition coefficient (Wildman–Crippen LogP) is 3.35. The lowest BCUT2D eigenvalue weighted by Crippen LogP contribution is -2.25. The lowest BCUT2D eigenvalue weighted by molar-refractivity contribution is 0.297. The molecule has 1 aromatic rings. The zero-order valence-electron chi connectivity index (χ0n) is 11.4. The van der Waals surface area contributed by atoms with E-state index in [1.54, 1.807) is 0 Å². The number of aryl methyl sites for hydroxylation is 3. The van der Waals surface area contributed by atoms with Gasteiger partial charge in [0.1, 0.15) is 0 Å². The Bertz CT molecular complexity index is 392. The molecule has 0 saturated heterocycles. The molecule has 0 aliphatic carbocycles. The Labute approximate surface area is 105 Å². The molecule has 0 radical (unpaired) electrons. The van der Waals surface area contributed by atoms with Crippen LogP contribution in [0.5, 0.6) is 0 Å². The fourth-order valence-corrected chi connectivity index (χ4v) is 2.31. The zero-order valence-corrected chi connectivity index (χ0v) is 11.4. The predicted molar refractivity (Wildman–Crippen MR) is 71.8 cm³/mol. The van der Waals surface area contributed by atoms with Gasteiger partial charge in [0.05, 0.1) is 12.6 Å². The standard InChI is InChI=1S/C15H22N2/c1-5-7-17(8-6-16)11-15-13(3)9-12(2)10-14(15)4/h9-10H,5,7-8,11H2,1-4H3. The summed E-state index contributed by atoms with van der Waals surface area (Å²) in [6.07, 6.45) is 1.09. The number of benzene rings is 1. The summed E-state index contributed by atoms with van der Waals surface area (Å²) in [5.74, 6) is 0. The molecule has 0 N–H and O–H groups in total. The van der Waals surface area contributed by atoms with Crippen LogP contribution in [0.15, 0.2) is 12.1 Å². The van der Waals surface area contributed by atoms with Gasteiger partial charge in [-0.3, -0.25) is 4.90 Å². The second kappa shape index (κ2) is 6.42. The molecule has 0 amide bonds. The van der Waals surface area contributed by atoms with Gasteiger partial charge in [0, 0.05) is 6.54 Å². The number of rotatable bonds is 5. The van der Waals surface area contributed by atoms with Crippen LogP contribution in [0.1, 0.15) is 35.6 Å². The van der Waals surface area contributed by atoms with Gasteiger partial charge in [0.15, 0.2) is 0 Å². The van der Waals surface area contributed by atoms with Crippen LogP contribution in [0.3, 0.4) is 0 Å². The first-order valence-corrected chi connectivity index (χ1v) is 6.24. The molecule has 0 bridgehead atoms. The summed E-state index contributed by atoms with van der Waals surface area (Å²) >= 11 is 0. The van der Waals surface area contributed by atoms with Crippen LogP contribution in [0.25, 0.3) is 0 Å². The van der Waals surface area contributed by atoms with Crippen LogP contribution in [-0.4, -0.2) is 18.0 Å². The molecule has 0 saturated carbocycles. The van der Waals surface area contributed by atoms with Gasteiger partial charge in [-0.25, -0.2) is 0 Å². The van der Waals surface area contributed by atoms with E-state index in [-0.39, 0.29) is 0 Å². The molecule has 0 aliphatic heterocycles. The average molecular weight is 230 g/mol. The molecule has 1 rings (SSSR count). The summed E-state index contributed by atoms with van der Waals surface area (Å²) in [7, 11) is 0. The van der Waals surface area contributed by atoms with E-state index in [2.05, 4.69) is 50.8 Å². The summed E-state index contributed by atoms with van der Waals surface area (Å²) in [4.78, 5) is 2.21. The molecule has 17 heavy (non-hydrogen) atoms. The van der Waals surface area contributed by atoms with E-state index in [9.17, 15) is 0 Å². The number of hydrogen-bond acceptors (Lipinski definition) is 2. The number of nitrogens with zero attached hydrogens (tertiary/aromatic N) is 2. The van der Waals surface area contributed by atoms with Gasteiger partial charge in [-0.05, 0) is 50.4 Å². The van der Waals surface area contributed by atoms with Gasteiger partial charge < -0.3 is 0 Å². The molecule has 0 spiro atoms. The van der Waals surface area contributed by atoms with Crippen LogP contribution < -0.4 is 0 Å². The van der Waals surface area contributed by atoms with E-state index in [1.165, 1.54) is 22.3 Å². The quantitative estimate of drug-likeness (QED) is 0.725. The van der Waals surface area contributed by atoms with Crippen molar-refractivity contribution >= 4 is 0 Å². The largest absolute Gasteiger partial charge is 0.286 e. The summed E-state index contributed by atoms with van der Waals surface area (Å²) in [5.41, 5.74) is 5.36. The van der Waals surface area contributed by atoms with E-state index < -0.39 is 0 Å². The Morgan fingerprint density at radius 1 is 1.18 bits per heavy atom. The van der Waals surface area contributed by atoms with Crippen LogP contribution in [0.4, 0.5) is 0 Å². The molecule has 2 heteroatoms. The fourth-order valence-electron chi connectivity index (χ4n) is 2.31. The van der Waals surface area contributed by atoms with E-state index in [0.717, 1.165) is 19.5 Å². The highest BCUT2D eigenvalue weighted by Crippen LogP contribution is 2.18. The fraction of sp³-hybridized carbons (Fsp3) is 0.533. The Balaban J connectivity index is 2.89. The molecular weight excluding hydrogens is 208 g/mol. The highest BCUT2D eigenvalue weighted by molar-refractivity contribution is 5.37. The molecule has 0 fully saturated rings. The lowest BCUT2D eigenvalue weighted by atomic mass is 9.99. The first-order valence-electron chi connectivity index (χ1n) is 6.24. The topological polar surface area (TPSA) is 27.0 Å². The zero-order chi connectivity index (χ0) is 12.8. The molecule has 0 aliphatic rings. The van der Waals surface area contributed by atoms with Crippen molar-refractivity contribution in [2.75, 3.05) is 13.1 Å². The molecule has 0 heterocycles. The highest BCUT2D eigenvalue weighted by Gasteiger charge is 2.09. The van der Waals surface area contributed by atoms with Gasteiger partial charge in [0.2, 0.25) is 0 Å². The van der Waals surface area contributed by atoms with Crippen molar-refractivity contribution in [1.29, 1.82) is 5.26 Å². The number of nitriles is 1. The minimum atomic E-state index is 0.514. The Morgan fingerprint density at radius 2 is 1.76 bits per heavy atom. The van der Waals surface area contributed by atoms with Crippen molar-refractivity contribution in [3.8, 4) is 6.07 Å². The van der Waals surface area contributed by atoms with E-state index in [4.69, 9.17) is 5.26 Å². The number of hydrogen-bond donors (Lipinski definition) is 0. The van der Waals surface area contributed by atoms with Gasteiger partial charge in [0.25, 0.3) is 0 Å². The van der Waals surface area contributed by atoms with Gasteiger partial charge in [-0.15, -0.1) is 0 Å². The van der Waals surface area contributed by atoms with Crippen LogP contribution >= 0.6 is 0 Å². The molecule has 92 valence electrons. The van der Waals surface area contributed by atoms with E-state index in [0.29, 0.717) is 6.54 Å². The molecule has 0 unspecified atom stereocenters. The summed E-state index contributed by atoms with van der Waals surface area (Å²) in [5, 5.41) is 8.83. The first kappa shape index (κ1) is 13.7. The second-order valence-electron chi connectivity index (χ2n) is 4.75. The van der Waals surface area contributed by atoms with Crippen LogP contribution in [0, 0.1) is 32.1 Å². The minimum absolute atomic E-state index is 0.514. The first-order chi connectivity index (χ1) is 8.08. The summed E-state index contributed by atoms with van der Waals surface area (Å²) < 4.78 is 0. The smallest absolute Gasteiger partial charge is 0.0868 e. The average Bonchev–Trinajstić information content (AvgIpc) is 2.23. The Hall–Kier alpha value is -1.33. The normalized spacial score (nSPS) is 10.6. The third-order valence-corrected chi connectivity index (χ3v) is 3.06. The van der Waals surface area contributed by atoms with E-state index in [1.807, 2.05) is 0 Å². The third kappa shape index (κ3) is 3.87. The van der Waals surface area contributed by atoms with Gasteiger partial charge >= 0.3 is 0 Å². The van der Waals surface area contributed by atoms with Crippen molar-refractivity contribution in [3.05, 3.63) is 34.4 Å². The van der Waals surface area contributed by atoms with Crippen molar-refractivity contribution in [2.45, 2.75) is 40.7 Å². The Kier molecular flexibility index (Phi) is 5.18. The molecule has 0 aromatic heterocycles. The van der Waals surface area contributed by atoms with Gasteiger partial charge in [-0.2, -0.15) is 5.26 Å². The molecule has 0 atom stereocenters. The maximum Gasteiger partial charge on any atom is 0.0868 e. The highest BCUT2D eigenvalue weighted by atomic mass is 15.1. The SMILES string of the molecule is CCCN(CC#N)Cc1c(C)cc(C)cc1C. The monoisotopic (exact) mass is 230 g/mol. The molecular formula is C15H22N2. The second-order valence-corrected chi connectivity index (χ2v) is 4.75. The molecule has 1 aromatic carbocycles. The van der Waals surface area contributed by atoms with Crippen molar-refractivity contribution < 1.29 is 0 Å². The summed E-state index contributed by atoms with van der Waals surface area (Å²) in [6.45, 7) is 11.0. The van der Waals surface area contributed by atoms with Crippen LogP contribution in [0.2, 0.25) is 0 Å². The summed E-state index contributed by atoms with van der Waals surface area (Å²) in [6, 6.07) is 6.69. The van der Waals surface area contributed by atoms with Crippen molar-refractivity contribution in [3.63, 3.8) is 0 Å². The maximum atomic E-state index is 8.83. The van der Waals surface area contributed by atoms with Crippen LogP contribution in [-0.2, 0) is 6.54 Å². The molecule has 2 nitrogen and oxygen atoms in total. The van der Waals surface area contributed by atoms with Gasteiger partial charge in [-0.1, -0.05) is 24.6 Å². The third-order valence-electron chi connectivity index (χ3n) is 3.06. The maximum absolute atomic E-state index is 8.83. The van der Waals surface area contributed by atoms with Crippen molar-refractivity contribution in [2.24, 2.45) is 0 Å². The van der Waals surface area contributed by atoms with Crippen molar-refractivity contribution in [1.82, 2.24) is 4.90 Å². The lowest BCUT2D eigenvalue weighted by Gasteiger charge is -2.21. The Morgan fingerprint density at radius 3 is 2.24 bits per heavy atom.